The molecule has 6 nitrogen and oxygen atoms in total. The van der Waals surface area contributed by atoms with Crippen LogP contribution in [0.1, 0.15) is 34.4 Å². The number of hydrogen-bond acceptors (Lipinski definition) is 5. The third kappa shape index (κ3) is 3.97. The van der Waals surface area contributed by atoms with Crippen molar-refractivity contribution in [2.45, 2.75) is 33.4 Å². The van der Waals surface area contributed by atoms with Crippen molar-refractivity contribution in [1.29, 1.82) is 0 Å². The van der Waals surface area contributed by atoms with Crippen LogP contribution in [0.3, 0.4) is 0 Å². The minimum atomic E-state index is 0.0648. The highest BCUT2D eigenvalue weighted by molar-refractivity contribution is 7.09. The molecule has 2 aromatic heterocycles. The van der Waals surface area contributed by atoms with Gasteiger partial charge in [0.2, 0.25) is 0 Å². The van der Waals surface area contributed by atoms with Gasteiger partial charge in [0, 0.05) is 56.4 Å². The van der Waals surface area contributed by atoms with E-state index >= 15 is 0 Å². The summed E-state index contributed by atoms with van der Waals surface area (Å²) in [5, 5.41) is 7.13. The van der Waals surface area contributed by atoms with Crippen molar-refractivity contribution in [2.75, 3.05) is 26.2 Å². The van der Waals surface area contributed by atoms with Crippen LogP contribution in [0, 0.1) is 6.92 Å². The number of amides is 1. The smallest absolute Gasteiger partial charge is 0.273 e. The zero-order valence-electron chi connectivity index (χ0n) is 13.7. The van der Waals surface area contributed by atoms with Crippen LogP contribution in [0.2, 0.25) is 0 Å². The van der Waals surface area contributed by atoms with E-state index in [1.807, 2.05) is 28.1 Å². The second-order valence-electron chi connectivity index (χ2n) is 5.88. The molecule has 124 valence electrons. The van der Waals surface area contributed by atoms with Gasteiger partial charge in [0.05, 0.1) is 11.2 Å². The number of nitrogens with zero attached hydrogens (tertiary/aromatic N) is 5. The van der Waals surface area contributed by atoms with Crippen LogP contribution in [0.25, 0.3) is 0 Å². The third-order valence-electron chi connectivity index (χ3n) is 4.13. The van der Waals surface area contributed by atoms with Crippen LogP contribution in [-0.4, -0.2) is 56.7 Å². The van der Waals surface area contributed by atoms with Gasteiger partial charge >= 0.3 is 0 Å². The molecule has 2 aromatic rings. The lowest BCUT2D eigenvalue weighted by Crippen LogP contribution is -2.35. The van der Waals surface area contributed by atoms with Gasteiger partial charge in [0.25, 0.3) is 5.91 Å². The van der Waals surface area contributed by atoms with Crippen molar-refractivity contribution < 1.29 is 4.79 Å². The number of rotatable bonds is 4. The van der Waals surface area contributed by atoms with Gasteiger partial charge in [-0.05, 0) is 20.3 Å². The van der Waals surface area contributed by atoms with Gasteiger partial charge in [-0.25, -0.2) is 4.98 Å². The maximum absolute atomic E-state index is 12.5. The maximum atomic E-state index is 12.5. The number of carbonyl (C=O) groups excluding carboxylic acids is 1. The molecule has 0 aliphatic carbocycles. The van der Waals surface area contributed by atoms with Crippen molar-refractivity contribution in [3.63, 3.8) is 0 Å². The molecule has 23 heavy (non-hydrogen) atoms. The first-order valence-corrected chi connectivity index (χ1v) is 8.98. The molecule has 0 aromatic carbocycles. The Hall–Kier alpha value is -1.73. The number of hydrogen-bond donors (Lipinski definition) is 0. The Kier molecular flexibility index (Phi) is 5.07. The summed E-state index contributed by atoms with van der Waals surface area (Å²) in [6.45, 7) is 9.29. The Bertz CT molecular complexity index is 665. The van der Waals surface area contributed by atoms with Gasteiger partial charge in [0.15, 0.2) is 0 Å². The van der Waals surface area contributed by atoms with Crippen molar-refractivity contribution in [1.82, 2.24) is 24.6 Å². The average molecular weight is 333 g/mol. The summed E-state index contributed by atoms with van der Waals surface area (Å²) in [5.41, 5.74) is 1.83. The predicted molar refractivity (Wildman–Crippen MR) is 90.5 cm³/mol. The SMILES string of the molecule is CCn1cc(CN2CCCN(C(=O)c3csc(C)n3)CC2)cn1. The lowest BCUT2D eigenvalue weighted by molar-refractivity contribution is 0.0756. The maximum Gasteiger partial charge on any atom is 0.273 e. The molecular formula is C16H23N5OS. The summed E-state index contributed by atoms with van der Waals surface area (Å²) in [6.07, 6.45) is 5.04. The van der Waals surface area contributed by atoms with E-state index in [0.29, 0.717) is 5.69 Å². The molecule has 1 aliphatic rings. The molecule has 0 bridgehead atoms. The van der Waals surface area contributed by atoms with E-state index in [-0.39, 0.29) is 5.91 Å². The molecule has 0 N–H and O–H groups in total. The van der Waals surface area contributed by atoms with E-state index in [9.17, 15) is 4.79 Å². The second-order valence-corrected chi connectivity index (χ2v) is 6.94. The number of aromatic nitrogens is 3. The zero-order valence-corrected chi connectivity index (χ0v) is 14.6. The van der Waals surface area contributed by atoms with Crippen molar-refractivity contribution in [2.24, 2.45) is 0 Å². The molecule has 1 fully saturated rings. The minimum absolute atomic E-state index is 0.0648. The normalized spacial score (nSPS) is 16.5. The lowest BCUT2D eigenvalue weighted by atomic mass is 10.3. The molecule has 3 heterocycles. The molecule has 0 saturated carbocycles. The molecule has 3 rings (SSSR count). The Morgan fingerprint density at radius 1 is 1.30 bits per heavy atom. The minimum Gasteiger partial charge on any atom is -0.336 e. The first kappa shape index (κ1) is 16.1. The first-order valence-electron chi connectivity index (χ1n) is 8.11. The zero-order chi connectivity index (χ0) is 16.2. The highest BCUT2D eigenvalue weighted by Gasteiger charge is 2.22. The summed E-state index contributed by atoms with van der Waals surface area (Å²) in [5.74, 6) is 0.0648. The summed E-state index contributed by atoms with van der Waals surface area (Å²) in [6, 6.07) is 0. The molecule has 0 radical (unpaired) electrons. The van der Waals surface area contributed by atoms with Crippen LogP contribution in [0.5, 0.6) is 0 Å². The fourth-order valence-corrected chi connectivity index (χ4v) is 3.46. The molecule has 1 saturated heterocycles. The Labute approximate surface area is 140 Å². The molecular weight excluding hydrogens is 310 g/mol. The van der Waals surface area contributed by atoms with Crippen molar-refractivity contribution in [3.05, 3.63) is 34.0 Å². The molecule has 1 amide bonds. The van der Waals surface area contributed by atoms with E-state index in [1.54, 1.807) is 0 Å². The Morgan fingerprint density at radius 2 is 2.17 bits per heavy atom. The molecule has 1 aliphatic heterocycles. The third-order valence-corrected chi connectivity index (χ3v) is 4.90. The van der Waals surface area contributed by atoms with Gasteiger partial charge in [-0.3, -0.25) is 14.4 Å². The fraction of sp³-hybridized carbons (Fsp3) is 0.562. The Morgan fingerprint density at radius 3 is 2.87 bits per heavy atom. The fourth-order valence-electron chi connectivity index (χ4n) is 2.87. The highest BCUT2D eigenvalue weighted by atomic mass is 32.1. The van der Waals surface area contributed by atoms with Gasteiger partial charge in [-0.1, -0.05) is 0 Å². The van der Waals surface area contributed by atoms with Crippen LogP contribution < -0.4 is 0 Å². The average Bonchev–Trinajstić information content (AvgIpc) is 3.11. The van der Waals surface area contributed by atoms with E-state index in [1.165, 1.54) is 16.9 Å². The quantitative estimate of drug-likeness (QED) is 0.859. The first-order chi connectivity index (χ1) is 11.2. The number of aryl methyl sites for hydroxylation is 2. The van der Waals surface area contributed by atoms with Gasteiger partial charge < -0.3 is 4.90 Å². The monoisotopic (exact) mass is 333 g/mol. The van der Waals surface area contributed by atoms with E-state index in [2.05, 4.69) is 28.1 Å². The summed E-state index contributed by atoms with van der Waals surface area (Å²) < 4.78 is 1.95. The van der Waals surface area contributed by atoms with Crippen LogP contribution in [0.4, 0.5) is 0 Å². The van der Waals surface area contributed by atoms with E-state index in [0.717, 1.165) is 50.7 Å². The van der Waals surface area contributed by atoms with Crippen LogP contribution >= 0.6 is 11.3 Å². The van der Waals surface area contributed by atoms with Crippen LogP contribution in [0.15, 0.2) is 17.8 Å². The highest BCUT2D eigenvalue weighted by Crippen LogP contribution is 2.14. The van der Waals surface area contributed by atoms with Crippen LogP contribution in [-0.2, 0) is 13.1 Å². The van der Waals surface area contributed by atoms with Gasteiger partial charge in [-0.2, -0.15) is 5.10 Å². The molecule has 0 spiro atoms. The second kappa shape index (κ2) is 7.23. The topological polar surface area (TPSA) is 54.3 Å². The van der Waals surface area contributed by atoms with Crippen molar-refractivity contribution in [3.8, 4) is 0 Å². The van der Waals surface area contributed by atoms with Crippen molar-refractivity contribution >= 4 is 17.2 Å². The van der Waals surface area contributed by atoms with Gasteiger partial charge in [-0.15, -0.1) is 11.3 Å². The number of thiazole rings is 1. The van der Waals surface area contributed by atoms with Gasteiger partial charge in [0.1, 0.15) is 5.69 Å². The van der Waals surface area contributed by atoms with E-state index < -0.39 is 0 Å². The van der Waals surface area contributed by atoms with E-state index in [4.69, 9.17) is 0 Å². The molecule has 0 unspecified atom stereocenters. The molecule has 0 atom stereocenters. The predicted octanol–water partition coefficient (Wildman–Crippen LogP) is 2.02. The lowest BCUT2D eigenvalue weighted by Gasteiger charge is -2.21. The summed E-state index contributed by atoms with van der Waals surface area (Å²) >= 11 is 1.53. The Balaban J connectivity index is 1.57. The standard InChI is InChI=1S/C16H23N5OS/c1-3-21-11-14(9-17-21)10-19-5-4-6-20(8-7-19)16(22)15-12-23-13(2)18-15/h9,11-12H,3-8,10H2,1-2H3. The largest absolute Gasteiger partial charge is 0.336 e. The summed E-state index contributed by atoms with van der Waals surface area (Å²) in [4.78, 5) is 21.2. The molecule has 7 heteroatoms. The number of carbonyl (C=O) groups is 1. The summed E-state index contributed by atoms with van der Waals surface area (Å²) in [7, 11) is 0.